The van der Waals surface area contributed by atoms with Crippen LogP contribution in [0.5, 0.6) is 0 Å². The minimum absolute atomic E-state index is 0.109. The van der Waals surface area contributed by atoms with E-state index in [0.717, 1.165) is 32.1 Å². The molecule has 1 spiro atoms. The monoisotopic (exact) mass is 281 g/mol. The van der Waals surface area contributed by atoms with Crippen molar-refractivity contribution in [2.24, 2.45) is 10.9 Å². The van der Waals surface area contributed by atoms with Gasteiger partial charge in [-0.3, -0.25) is 4.99 Å². The summed E-state index contributed by atoms with van der Waals surface area (Å²) in [7, 11) is 0. The van der Waals surface area contributed by atoms with Crippen molar-refractivity contribution in [2.75, 3.05) is 26.2 Å². The Morgan fingerprint density at radius 2 is 1.84 bits per heavy atom. The molecule has 1 saturated carbocycles. The van der Waals surface area contributed by atoms with Crippen LogP contribution in [0.2, 0.25) is 0 Å². The second-order valence-corrected chi connectivity index (χ2v) is 8.32. The maximum absolute atomic E-state index is 5.12. The Morgan fingerprint density at radius 1 is 1.21 bits per heavy atom. The van der Waals surface area contributed by atoms with Crippen molar-refractivity contribution in [1.29, 1.82) is 0 Å². The lowest BCUT2D eigenvalue weighted by molar-refractivity contribution is 0.245. The topological polar surface area (TPSA) is 27.6 Å². The van der Waals surface area contributed by atoms with Crippen LogP contribution in [-0.2, 0) is 0 Å². The highest BCUT2D eigenvalue weighted by atomic mass is 32.2. The lowest BCUT2D eigenvalue weighted by Crippen LogP contribution is -2.46. The number of piperazine rings is 1. The lowest BCUT2D eigenvalue weighted by Gasteiger charge is -2.43. The Morgan fingerprint density at radius 3 is 2.47 bits per heavy atom. The van der Waals surface area contributed by atoms with E-state index in [-0.39, 0.29) is 5.54 Å². The van der Waals surface area contributed by atoms with Crippen LogP contribution in [0.1, 0.15) is 46.5 Å². The molecule has 1 aliphatic carbocycles. The Balaban J connectivity index is 1.76. The summed E-state index contributed by atoms with van der Waals surface area (Å²) in [6.07, 6.45) is 5.43. The number of hydrogen-bond acceptors (Lipinski definition) is 4. The molecule has 3 aliphatic rings. The van der Waals surface area contributed by atoms with Gasteiger partial charge in [0.25, 0.3) is 0 Å². The summed E-state index contributed by atoms with van der Waals surface area (Å²) in [4.78, 5) is 7.62. The fraction of sp³-hybridized carbons (Fsp3) is 0.933. The maximum atomic E-state index is 5.12. The van der Waals surface area contributed by atoms with E-state index in [1.165, 1.54) is 30.9 Å². The van der Waals surface area contributed by atoms with E-state index in [2.05, 4.69) is 42.7 Å². The Hall–Kier alpha value is -0.220. The van der Waals surface area contributed by atoms with Crippen LogP contribution < -0.4 is 5.32 Å². The van der Waals surface area contributed by atoms with Gasteiger partial charge in [0.15, 0.2) is 5.17 Å². The van der Waals surface area contributed by atoms with E-state index in [4.69, 9.17) is 4.99 Å². The van der Waals surface area contributed by atoms with Gasteiger partial charge in [-0.15, -0.1) is 0 Å². The molecule has 2 fully saturated rings. The van der Waals surface area contributed by atoms with E-state index in [0.29, 0.717) is 4.75 Å². The molecule has 4 heteroatoms. The lowest BCUT2D eigenvalue weighted by atomic mass is 9.73. The SMILES string of the molecule is CC1CCC2(CC1)SC(N1CCNCC1)=NC2(C)C. The third-order valence-electron chi connectivity index (χ3n) is 5.25. The zero-order valence-electron chi connectivity index (χ0n) is 12.5. The van der Waals surface area contributed by atoms with Crippen molar-refractivity contribution in [1.82, 2.24) is 10.2 Å². The van der Waals surface area contributed by atoms with Crippen LogP contribution in [0.3, 0.4) is 0 Å². The van der Waals surface area contributed by atoms with Crippen molar-refractivity contribution >= 4 is 16.9 Å². The van der Waals surface area contributed by atoms with Gasteiger partial charge >= 0.3 is 0 Å². The molecule has 0 aromatic heterocycles. The highest BCUT2D eigenvalue weighted by Gasteiger charge is 2.53. The first-order chi connectivity index (χ1) is 9.02. The summed E-state index contributed by atoms with van der Waals surface area (Å²) in [5.74, 6) is 0.908. The molecule has 3 nitrogen and oxygen atoms in total. The number of rotatable bonds is 0. The van der Waals surface area contributed by atoms with Gasteiger partial charge in [-0.1, -0.05) is 18.7 Å². The van der Waals surface area contributed by atoms with Crippen LogP contribution in [0.15, 0.2) is 4.99 Å². The first kappa shape index (κ1) is 13.7. The molecule has 0 unspecified atom stereocenters. The zero-order chi connectivity index (χ0) is 13.5. The van der Waals surface area contributed by atoms with Crippen molar-refractivity contribution in [2.45, 2.75) is 56.7 Å². The molecule has 108 valence electrons. The first-order valence-corrected chi connectivity index (χ1v) is 8.59. The summed E-state index contributed by atoms with van der Waals surface area (Å²) >= 11 is 2.10. The van der Waals surface area contributed by atoms with E-state index >= 15 is 0 Å². The average Bonchev–Trinajstić information content (AvgIpc) is 2.66. The van der Waals surface area contributed by atoms with Crippen LogP contribution in [-0.4, -0.2) is 46.5 Å². The van der Waals surface area contributed by atoms with E-state index in [1.807, 2.05) is 0 Å². The zero-order valence-corrected chi connectivity index (χ0v) is 13.4. The normalized spacial score (nSPS) is 38.6. The summed E-state index contributed by atoms with van der Waals surface area (Å²) in [5.41, 5.74) is 0.109. The Kier molecular flexibility index (Phi) is 3.59. The molecule has 0 radical (unpaired) electrons. The fourth-order valence-corrected chi connectivity index (χ4v) is 5.27. The van der Waals surface area contributed by atoms with Crippen LogP contribution in [0.25, 0.3) is 0 Å². The molecule has 0 bridgehead atoms. The molecule has 19 heavy (non-hydrogen) atoms. The van der Waals surface area contributed by atoms with Crippen molar-refractivity contribution < 1.29 is 0 Å². The van der Waals surface area contributed by atoms with Gasteiger partial charge in [0, 0.05) is 30.9 Å². The summed E-state index contributed by atoms with van der Waals surface area (Å²) in [6.45, 7) is 11.5. The molecular formula is C15H27N3S. The predicted molar refractivity (Wildman–Crippen MR) is 83.9 cm³/mol. The Labute approximate surface area is 121 Å². The van der Waals surface area contributed by atoms with Gasteiger partial charge in [0.2, 0.25) is 0 Å². The minimum Gasteiger partial charge on any atom is -0.349 e. The molecular weight excluding hydrogens is 254 g/mol. The first-order valence-electron chi connectivity index (χ1n) is 7.77. The molecule has 0 atom stereocenters. The molecule has 3 rings (SSSR count). The van der Waals surface area contributed by atoms with E-state index in [1.54, 1.807) is 0 Å². The largest absolute Gasteiger partial charge is 0.349 e. The smallest absolute Gasteiger partial charge is 0.160 e. The summed E-state index contributed by atoms with van der Waals surface area (Å²) in [5, 5.41) is 4.75. The van der Waals surface area contributed by atoms with Gasteiger partial charge in [-0.05, 0) is 45.4 Å². The van der Waals surface area contributed by atoms with Gasteiger partial charge in [0.1, 0.15) is 0 Å². The van der Waals surface area contributed by atoms with E-state index < -0.39 is 0 Å². The third kappa shape index (κ3) is 2.42. The van der Waals surface area contributed by atoms with Crippen molar-refractivity contribution in [3.05, 3.63) is 0 Å². The summed E-state index contributed by atoms with van der Waals surface area (Å²) in [6, 6.07) is 0. The minimum atomic E-state index is 0.109. The van der Waals surface area contributed by atoms with Gasteiger partial charge in [-0.25, -0.2) is 0 Å². The maximum Gasteiger partial charge on any atom is 0.160 e. The highest BCUT2D eigenvalue weighted by molar-refractivity contribution is 8.15. The standard InChI is InChI=1S/C15H27N3S/c1-12-4-6-15(7-5-12)14(2,3)17-13(19-15)18-10-8-16-9-11-18/h12,16H,4-11H2,1-3H3. The van der Waals surface area contributed by atoms with E-state index in [9.17, 15) is 0 Å². The van der Waals surface area contributed by atoms with Gasteiger partial charge in [0.05, 0.1) is 5.54 Å². The number of thioether (sulfide) groups is 1. The van der Waals surface area contributed by atoms with Crippen molar-refractivity contribution in [3.8, 4) is 0 Å². The molecule has 1 saturated heterocycles. The second-order valence-electron chi connectivity index (χ2n) is 6.97. The molecule has 1 N–H and O–H groups in total. The second kappa shape index (κ2) is 4.96. The quantitative estimate of drug-likeness (QED) is 0.740. The summed E-state index contributed by atoms with van der Waals surface area (Å²) < 4.78 is 0.375. The predicted octanol–water partition coefficient (Wildman–Crippen LogP) is 2.72. The van der Waals surface area contributed by atoms with Gasteiger partial charge < -0.3 is 10.2 Å². The number of amidine groups is 1. The number of hydrogen-bond donors (Lipinski definition) is 1. The van der Waals surface area contributed by atoms with Crippen LogP contribution >= 0.6 is 11.8 Å². The molecule has 2 aliphatic heterocycles. The van der Waals surface area contributed by atoms with Crippen LogP contribution in [0.4, 0.5) is 0 Å². The fourth-order valence-electron chi connectivity index (χ4n) is 3.60. The van der Waals surface area contributed by atoms with Crippen molar-refractivity contribution in [3.63, 3.8) is 0 Å². The third-order valence-corrected chi connectivity index (χ3v) is 7.08. The highest BCUT2D eigenvalue weighted by Crippen LogP contribution is 2.54. The van der Waals surface area contributed by atoms with Crippen LogP contribution in [0, 0.1) is 5.92 Å². The van der Waals surface area contributed by atoms with Gasteiger partial charge in [-0.2, -0.15) is 0 Å². The molecule has 2 heterocycles. The average molecular weight is 281 g/mol. The molecule has 0 aromatic carbocycles. The number of aliphatic imine (C=N–C) groups is 1. The Bertz CT molecular complexity index is 364. The molecule has 0 amide bonds. The molecule has 0 aromatic rings. The number of nitrogens with zero attached hydrogens (tertiary/aromatic N) is 2. The number of nitrogens with one attached hydrogen (secondary N) is 1.